The third kappa shape index (κ3) is 4.30. The summed E-state index contributed by atoms with van der Waals surface area (Å²) >= 11 is 6.11. The average molecular weight is 394 g/mol. The van der Waals surface area contributed by atoms with E-state index >= 15 is 0 Å². The van der Waals surface area contributed by atoms with E-state index in [2.05, 4.69) is 20.6 Å². The Kier molecular flexibility index (Phi) is 5.50. The average Bonchev–Trinajstić information content (AvgIpc) is 2.74. The number of hydrogen-bond donors (Lipinski definition) is 2. The van der Waals surface area contributed by atoms with Gasteiger partial charge in [-0.15, -0.1) is 0 Å². The second-order valence-electron chi connectivity index (χ2n) is 6.59. The monoisotopic (exact) mass is 393 g/mol. The second-order valence-corrected chi connectivity index (χ2v) is 7.03. The van der Waals surface area contributed by atoms with Crippen LogP contribution in [0.25, 0.3) is 0 Å². The summed E-state index contributed by atoms with van der Waals surface area (Å²) in [6.45, 7) is 1.90. The van der Waals surface area contributed by atoms with Crippen LogP contribution in [0, 0.1) is 0 Å². The van der Waals surface area contributed by atoms with Gasteiger partial charge < -0.3 is 15.5 Å². The van der Waals surface area contributed by atoms with Crippen molar-refractivity contribution in [1.82, 2.24) is 20.2 Å². The number of aromatic nitrogens is 2. The van der Waals surface area contributed by atoms with Gasteiger partial charge in [-0.05, 0) is 29.8 Å². The molecule has 7 heteroatoms. The first-order valence-corrected chi connectivity index (χ1v) is 9.49. The second kappa shape index (κ2) is 8.37. The number of halogens is 1. The van der Waals surface area contributed by atoms with Crippen LogP contribution >= 0.6 is 11.6 Å². The van der Waals surface area contributed by atoms with Crippen LogP contribution in [0.4, 0.5) is 11.5 Å². The molecule has 0 saturated carbocycles. The minimum Gasteiger partial charge on any atom is -0.340 e. The fourth-order valence-electron chi connectivity index (χ4n) is 3.26. The summed E-state index contributed by atoms with van der Waals surface area (Å²) in [4.78, 5) is 23.2. The predicted octanol–water partition coefficient (Wildman–Crippen LogP) is 3.66. The number of piperazine rings is 1. The lowest BCUT2D eigenvalue weighted by Crippen LogP contribution is -2.48. The van der Waals surface area contributed by atoms with Crippen LogP contribution in [-0.2, 0) is 0 Å². The summed E-state index contributed by atoms with van der Waals surface area (Å²) in [7, 11) is 0. The zero-order chi connectivity index (χ0) is 19.3. The molecule has 0 radical (unpaired) electrons. The van der Waals surface area contributed by atoms with Crippen LogP contribution in [0.3, 0.4) is 0 Å². The molecule has 142 valence electrons. The fourth-order valence-corrected chi connectivity index (χ4v) is 3.45. The first-order chi connectivity index (χ1) is 13.7. The van der Waals surface area contributed by atoms with Crippen molar-refractivity contribution in [3.8, 4) is 0 Å². The van der Waals surface area contributed by atoms with Crippen molar-refractivity contribution in [2.24, 2.45) is 0 Å². The molecule has 1 unspecified atom stereocenters. The van der Waals surface area contributed by atoms with E-state index in [1.54, 1.807) is 6.07 Å². The van der Waals surface area contributed by atoms with Crippen molar-refractivity contribution < 1.29 is 4.79 Å². The zero-order valence-corrected chi connectivity index (χ0v) is 15.9. The molecule has 1 fully saturated rings. The summed E-state index contributed by atoms with van der Waals surface area (Å²) in [5, 5.41) is 7.33. The number of nitrogens with one attached hydrogen (secondary N) is 2. The molecule has 2 heterocycles. The van der Waals surface area contributed by atoms with Crippen LogP contribution in [0.5, 0.6) is 0 Å². The van der Waals surface area contributed by atoms with Gasteiger partial charge in [0.05, 0.1) is 6.04 Å². The van der Waals surface area contributed by atoms with Crippen molar-refractivity contribution in [2.45, 2.75) is 6.04 Å². The normalized spacial score (nSPS) is 16.6. The van der Waals surface area contributed by atoms with E-state index in [1.807, 2.05) is 59.5 Å². The Morgan fingerprint density at radius 2 is 1.96 bits per heavy atom. The van der Waals surface area contributed by atoms with Crippen LogP contribution in [0.2, 0.25) is 5.02 Å². The largest absolute Gasteiger partial charge is 0.340 e. The van der Waals surface area contributed by atoms with Crippen LogP contribution in [-0.4, -0.2) is 40.4 Å². The quantitative estimate of drug-likeness (QED) is 0.707. The van der Waals surface area contributed by atoms with E-state index in [0.29, 0.717) is 36.2 Å². The molecule has 1 saturated heterocycles. The maximum absolute atomic E-state index is 13.0. The predicted molar refractivity (Wildman–Crippen MR) is 110 cm³/mol. The van der Waals surface area contributed by atoms with Crippen molar-refractivity contribution in [3.05, 3.63) is 83.3 Å². The van der Waals surface area contributed by atoms with Gasteiger partial charge in [-0.2, -0.15) is 0 Å². The van der Waals surface area contributed by atoms with Crippen molar-refractivity contribution >= 4 is 29.0 Å². The third-order valence-electron chi connectivity index (χ3n) is 4.65. The van der Waals surface area contributed by atoms with Gasteiger partial charge in [-0.25, -0.2) is 9.97 Å². The molecule has 4 rings (SSSR count). The molecule has 0 aliphatic carbocycles. The first kappa shape index (κ1) is 18.4. The Bertz CT molecular complexity index is 966. The number of carbonyl (C=O) groups is 1. The lowest BCUT2D eigenvalue weighted by atomic mass is 10.0. The molecule has 28 heavy (non-hydrogen) atoms. The Morgan fingerprint density at radius 1 is 1.11 bits per heavy atom. The molecule has 1 atom stereocenters. The lowest BCUT2D eigenvalue weighted by Gasteiger charge is -2.34. The fraction of sp³-hybridized carbons (Fsp3) is 0.190. The standard InChI is InChI=1S/C21H20ClN5O/c22-16-6-4-5-15(11-16)19-13-27(10-9-23-19)21(28)18-12-20(25-14-24-18)26-17-7-2-1-3-8-17/h1-8,11-12,14,19,23H,9-10,13H2,(H,24,25,26). The summed E-state index contributed by atoms with van der Waals surface area (Å²) < 4.78 is 0. The lowest BCUT2D eigenvalue weighted by molar-refractivity contribution is 0.0697. The molecular formula is C21H20ClN5O. The molecule has 1 aliphatic heterocycles. The number of amides is 1. The highest BCUT2D eigenvalue weighted by atomic mass is 35.5. The van der Waals surface area contributed by atoms with E-state index in [4.69, 9.17) is 11.6 Å². The number of benzene rings is 2. The number of carbonyl (C=O) groups excluding carboxylic acids is 1. The number of rotatable bonds is 4. The zero-order valence-electron chi connectivity index (χ0n) is 15.2. The molecular weight excluding hydrogens is 374 g/mol. The summed E-state index contributed by atoms with van der Waals surface area (Å²) in [5.74, 6) is 0.484. The maximum Gasteiger partial charge on any atom is 0.272 e. The van der Waals surface area contributed by atoms with Gasteiger partial charge in [0.1, 0.15) is 17.8 Å². The topological polar surface area (TPSA) is 70.2 Å². The van der Waals surface area contributed by atoms with E-state index in [0.717, 1.165) is 11.3 Å². The Morgan fingerprint density at radius 3 is 2.79 bits per heavy atom. The van der Waals surface area contributed by atoms with Gasteiger partial charge in [0.25, 0.3) is 5.91 Å². The van der Waals surface area contributed by atoms with Gasteiger partial charge >= 0.3 is 0 Å². The minimum absolute atomic E-state index is 0.0418. The van der Waals surface area contributed by atoms with Crippen LogP contribution in [0.15, 0.2) is 67.0 Å². The highest BCUT2D eigenvalue weighted by molar-refractivity contribution is 6.30. The van der Waals surface area contributed by atoms with Crippen LogP contribution < -0.4 is 10.6 Å². The molecule has 2 N–H and O–H groups in total. The molecule has 2 aromatic carbocycles. The van der Waals surface area contributed by atoms with E-state index in [-0.39, 0.29) is 11.9 Å². The van der Waals surface area contributed by atoms with E-state index < -0.39 is 0 Å². The molecule has 6 nitrogen and oxygen atoms in total. The molecule has 0 spiro atoms. The van der Waals surface area contributed by atoms with Gasteiger partial charge in [0.15, 0.2) is 0 Å². The Hall–Kier alpha value is -2.96. The van der Waals surface area contributed by atoms with Crippen molar-refractivity contribution in [3.63, 3.8) is 0 Å². The highest BCUT2D eigenvalue weighted by Crippen LogP contribution is 2.22. The first-order valence-electron chi connectivity index (χ1n) is 9.11. The van der Waals surface area contributed by atoms with Gasteiger partial charge in [-0.1, -0.05) is 41.9 Å². The maximum atomic E-state index is 13.0. The van der Waals surface area contributed by atoms with Gasteiger partial charge in [0, 0.05) is 36.4 Å². The number of para-hydroxylation sites is 1. The number of anilines is 2. The summed E-state index contributed by atoms with van der Waals surface area (Å²) in [6.07, 6.45) is 1.41. The smallest absolute Gasteiger partial charge is 0.272 e. The van der Waals surface area contributed by atoms with Gasteiger partial charge in [0.2, 0.25) is 0 Å². The summed E-state index contributed by atoms with van der Waals surface area (Å²) in [6, 6.07) is 19.1. The SMILES string of the molecule is O=C(c1cc(Nc2ccccc2)ncn1)N1CCNC(c2cccc(Cl)c2)C1. The van der Waals surface area contributed by atoms with Crippen molar-refractivity contribution in [2.75, 3.05) is 25.0 Å². The minimum atomic E-state index is -0.105. The van der Waals surface area contributed by atoms with Crippen molar-refractivity contribution in [1.29, 1.82) is 0 Å². The number of hydrogen-bond acceptors (Lipinski definition) is 5. The molecule has 1 aliphatic rings. The number of nitrogens with zero attached hydrogens (tertiary/aromatic N) is 3. The summed E-state index contributed by atoms with van der Waals surface area (Å²) in [5.41, 5.74) is 2.35. The van der Waals surface area contributed by atoms with Crippen LogP contribution in [0.1, 0.15) is 22.1 Å². The van der Waals surface area contributed by atoms with E-state index in [1.165, 1.54) is 6.33 Å². The molecule has 1 aromatic heterocycles. The van der Waals surface area contributed by atoms with E-state index in [9.17, 15) is 4.79 Å². The molecule has 1 amide bonds. The van der Waals surface area contributed by atoms with Gasteiger partial charge in [-0.3, -0.25) is 4.79 Å². The Balaban J connectivity index is 1.48. The highest BCUT2D eigenvalue weighted by Gasteiger charge is 2.26. The Labute approximate surface area is 168 Å². The molecule has 0 bridgehead atoms. The molecule has 3 aromatic rings. The third-order valence-corrected chi connectivity index (χ3v) is 4.88.